The van der Waals surface area contributed by atoms with Crippen LogP contribution in [0, 0.1) is 0 Å². The minimum Gasteiger partial charge on any atom is -0.493 e. The van der Waals surface area contributed by atoms with Gasteiger partial charge in [0.2, 0.25) is 0 Å². The summed E-state index contributed by atoms with van der Waals surface area (Å²) in [6.45, 7) is 7.82. The number of rotatable bonds is 8. The van der Waals surface area contributed by atoms with Crippen molar-refractivity contribution in [2.75, 3.05) is 46.4 Å². The van der Waals surface area contributed by atoms with Crippen LogP contribution >= 0.6 is 0 Å². The van der Waals surface area contributed by atoms with Gasteiger partial charge in [0, 0.05) is 37.6 Å². The van der Waals surface area contributed by atoms with Gasteiger partial charge in [-0.25, -0.2) is 4.79 Å². The number of unbranched alkanes of at least 4 members (excludes halogenated alkanes) is 2. The summed E-state index contributed by atoms with van der Waals surface area (Å²) < 4.78 is 11.0. The van der Waals surface area contributed by atoms with Crippen molar-refractivity contribution in [1.29, 1.82) is 0 Å². The second kappa shape index (κ2) is 9.15. The number of nitrogens with zero attached hydrogens (tertiary/aromatic N) is 2. The summed E-state index contributed by atoms with van der Waals surface area (Å²) in [7, 11) is 2.18. The van der Waals surface area contributed by atoms with Crippen molar-refractivity contribution in [1.82, 2.24) is 9.80 Å². The molecule has 1 aromatic carbocycles. The Hall–Kier alpha value is -2.18. The lowest BCUT2D eigenvalue weighted by Crippen LogP contribution is -2.44. The molecule has 2 aromatic rings. The van der Waals surface area contributed by atoms with Crippen LogP contribution in [-0.4, -0.2) is 62.0 Å². The average molecular weight is 372 g/mol. The van der Waals surface area contributed by atoms with Crippen molar-refractivity contribution in [3.63, 3.8) is 0 Å². The van der Waals surface area contributed by atoms with Crippen LogP contribution in [-0.2, 0) is 0 Å². The van der Waals surface area contributed by atoms with Crippen LogP contribution in [0.3, 0.4) is 0 Å². The summed E-state index contributed by atoms with van der Waals surface area (Å²) in [5.74, 6) is 0.392. The van der Waals surface area contributed by atoms with Gasteiger partial charge in [0.15, 0.2) is 5.78 Å². The molecule has 6 nitrogen and oxygen atoms in total. The first-order valence-corrected chi connectivity index (χ1v) is 9.65. The molecule has 0 saturated carbocycles. The highest BCUT2D eigenvalue weighted by Crippen LogP contribution is 2.21. The minimum absolute atomic E-state index is 0.0801. The Labute approximate surface area is 159 Å². The maximum Gasteiger partial charge on any atom is 0.347 e. The first-order valence-electron chi connectivity index (χ1n) is 9.65. The number of ether oxygens (including phenoxy) is 1. The van der Waals surface area contributed by atoms with Gasteiger partial charge in [0.1, 0.15) is 16.9 Å². The van der Waals surface area contributed by atoms with Crippen LogP contribution in [0.1, 0.15) is 36.5 Å². The van der Waals surface area contributed by atoms with Crippen molar-refractivity contribution in [2.45, 2.75) is 26.2 Å². The minimum atomic E-state index is -0.601. The fourth-order valence-corrected chi connectivity index (χ4v) is 3.30. The average Bonchev–Trinajstić information content (AvgIpc) is 2.65. The van der Waals surface area contributed by atoms with Gasteiger partial charge in [0.05, 0.1) is 6.61 Å². The zero-order valence-corrected chi connectivity index (χ0v) is 16.2. The lowest BCUT2D eigenvalue weighted by Gasteiger charge is -2.32. The molecule has 1 fully saturated rings. The predicted molar refractivity (Wildman–Crippen MR) is 106 cm³/mol. The highest BCUT2D eigenvalue weighted by Gasteiger charge is 2.13. The number of benzene rings is 1. The summed E-state index contributed by atoms with van der Waals surface area (Å²) in [5, 5.41) is 0.722. The van der Waals surface area contributed by atoms with Gasteiger partial charge in [-0.05, 0) is 58.0 Å². The Bertz CT molecular complexity index is 838. The number of hydrogen-bond acceptors (Lipinski definition) is 6. The molecule has 0 bridgehead atoms. The second-order valence-corrected chi connectivity index (χ2v) is 7.26. The molecule has 0 N–H and O–H groups in total. The summed E-state index contributed by atoms with van der Waals surface area (Å²) in [6.07, 6.45) is 3.32. The van der Waals surface area contributed by atoms with E-state index in [9.17, 15) is 9.59 Å². The third kappa shape index (κ3) is 5.40. The molecule has 0 radical (unpaired) electrons. The quantitative estimate of drug-likeness (QED) is 0.403. The number of carbonyl (C=O) groups excluding carboxylic acids is 1. The number of carbonyl (C=O) groups is 1. The lowest BCUT2D eigenvalue weighted by atomic mass is 10.1. The van der Waals surface area contributed by atoms with Gasteiger partial charge < -0.3 is 19.0 Å². The van der Waals surface area contributed by atoms with Gasteiger partial charge in [0.25, 0.3) is 0 Å². The van der Waals surface area contributed by atoms with Gasteiger partial charge in [-0.3, -0.25) is 4.79 Å². The molecule has 1 aliphatic heterocycles. The van der Waals surface area contributed by atoms with Crippen LogP contribution in [0.2, 0.25) is 0 Å². The predicted octanol–water partition coefficient (Wildman–Crippen LogP) is 2.79. The smallest absolute Gasteiger partial charge is 0.347 e. The molecule has 0 amide bonds. The Kier molecular flexibility index (Phi) is 6.63. The van der Waals surface area contributed by atoms with Crippen LogP contribution in [0.25, 0.3) is 11.0 Å². The molecular formula is C21H28N2O4. The van der Waals surface area contributed by atoms with Gasteiger partial charge in [-0.15, -0.1) is 0 Å². The molecule has 6 heteroatoms. The van der Waals surface area contributed by atoms with Crippen molar-refractivity contribution in [2.24, 2.45) is 0 Å². The van der Waals surface area contributed by atoms with Gasteiger partial charge in [-0.1, -0.05) is 0 Å². The van der Waals surface area contributed by atoms with E-state index in [2.05, 4.69) is 16.8 Å². The van der Waals surface area contributed by atoms with E-state index in [0.717, 1.165) is 37.9 Å². The molecule has 1 aromatic heterocycles. The van der Waals surface area contributed by atoms with E-state index in [-0.39, 0.29) is 11.3 Å². The molecule has 3 rings (SSSR count). The van der Waals surface area contributed by atoms with Crippen molar-refractivity contribution < 1.29 is 13.9 Å². The lowest BCUT2D eigenvalue weighted by molar-refractivity contribution is 0.101. The molecule has 27 heavy (non-hydrogen) atoms. The first-order chi connectivity index (χ1) is 13.0. The summed E-state index contributed by atoms with van der Waals surface area (Å²) in [6, 6.07) is 6.94. The van der Waals surface area contributed by atoms with Crippen LogP contribution in [0.4, 0.5) is 0 Å². The van der Waals surface area contributed by atoms with Gasteiger partial charge in [-0.2, -0.15) is 0 Å². The number of hydrogen-bond donors (Lipinski definition) is 0. The van der Waals surface area contributed by atoms with Crippen molar-refractivity contribution in [3.8, 4) is 5.75 Å². The highest BCUT2D eigenvalue weighted by molar-refractivity contribution is 5.96. The molecule has 0 unspecified atom stereocenters. The summed E-state index contributed by atoms with van der Waals surface area (Å²) in [4.78, 5) is 28.2. The monoisotopic (exact) mass is 372 g/mol. The van der Waals surface area contributed by atoms with E-state index in [1.165, 1.54) is 26.4 Å². The Morgan fingerprint density at radius 2 is 1.89 bits per heavy atom. The second-order valence-electron chi connectivity index (χ2n) is 7.26. The maximum atomic E-state index is 11.8. The number of ketones is 1. The molecule has 1 aliphatic rings. The Morgan fingerprint density at radius 1 is 1.11 bits per heavy atom. The molecule has 146 valence electrons. The van der Waals surface area contributed by atoms with Crippen LogP contribution in [0.5, 0.6) is 5.75 Å². The van der Waals surface area contributed by atoms with Crippen molar-refractivity contribution in [3.05, 3.63) is 40.2 Å². The van der Waals surface area contributed by atoms with E-state index in [1.807, 2.05) is 12.1 Å². The van der Waals surface area contributed by atoms with Crippen LogP contribution < -0.4 is 10.4 Å². The first kappa shape index (κ1) is 19.6. The van der Waals surface area contributed by atoms with E-state index in [0.29, 0.717) is 17.9 Å². The number of piperazine rings is 1. The maximum absolute atomic E-state index is 11.8. The SMILES string of the molecule is CC(=O)c1cc2ccc(OCCCCCN3CCN(C)CC3)cc2oc1=O. The normalized spacial score (nSPS) is 15.9. The van der Waals surface area contributed by atoms with Crippen molar-refractivity contribution >= 4 is 16.8 Å². The molecule has 2 heterocycles. The zero-order valence-electron chi connectivity index (χ0n) is 16.2. The summed E-state index contributed by atoms with van der Waals surface area (Å²) in [5.41, 5.74) is -0.0786. The number of likely N-dealkylation sites (N-methyl/N-ethyl adjacent to an activating group) is 1. The fraction of sp³-hybridized carbons (Fsp3) is 0.524. The molecule has 0 aliphatic carbocycles. The standard InChI is InChI=1S/C21H28N2O4/c1-16(24)19-14-17-6-7-18(15-20(17)27-21(19)25)26-13-5-3-4-8-23-11-9-22(2)10-12-23/h6-7,14-15H,3-5,8-13H2,1-2H3. The Morgan fingerprint density at radius 3 is 2.63 bits per heavy atom. The third-order valence-corrected chi connectivity index (χ3v) is 5.07. The Balaban J connectivity index is 1.43. The molecule has 0 atom stereocenters. The fourth-order valence-electron chi connectivity index (χ4n) is 3.30. The topological polar surface area (TPSA) is 63.0 Å². The van der Waals surface area contributed by atoms with E-state index in [4.69, 9.17) is 9.15 Å². The molecule has 1 saturated heterocycles. The van der Waals surface area contributed by atoms with E-state index < -0.39 is 5.63 Å². The molecule has 0 spiro atoms. The molecular weight excluding hydrogens is 344 g/mol. The highest BCUT2D eigenvalue weighted by atomic mass is 16.5. The zero-order chi connectivity index (χ0) is 19.2. The third-order valence-electron chi connectivity index (χ3n) is 5.07. The van der Waals surface area contributed by atoms with Gasteiger partial charge >= 0.3 is 5.63 Å². The van der Waals surface area contributed by atoms with E-state index in [1.54, 1.807) is 12.1 Å². The summed E-state index contributed by atoms with van der Waals surface area (Å²) >= 11 is 0. The van der Waals surface area contributed by atoms with E-state index >= 15 is 0 Å². The number of fused-ring (bicyclic) bond motifs is 1. The largest absolute Gasteiger partial charge is 0.493 e. The van der Waals surface area contributed by atoms with Crippen LogP contribution in [0.15, 0.2) is 33.5 Å². The number of Topliss-reactive ketones (excluding diaryl/α,β-unsaturated/α-hetero) is 1.